The van der Waals surface area contributed by atoms with Crippen molar-refractivity contribution in [2.45, 2.75) is 13.1 Å². The van der Waals surface area contributed by atoms with Crippen LogP contribution in [0, 0.1) is 0 Å². The molecule has 2 heterocycles. The minimum absolute atomic E-state index is 0.119. The lowest BCUT2D eigenvalue weighted by molar-refractivity contribution is 0.181. The smallest absolute Gasteiger partial charge is 0.120 e. The zero-order valence-corrected chi connectivity index (χ0v) is 9.45. The van der Waals surface area contributed by atoms with E-state index in [1.807, 2.05) is 0 Å². The van der Waals surface area contributed by atoms with Crippen LogP contribution in [0.5, 0.6) is 0 Å². The summed E-state index contributed by atoms with van der Waals surface area (Å²) in [4.78, 5) is 17.2. The van der Waals surface area contributed by atoms with Crippen LogP contribution >= 0.6 is 0 Å². The Morgan fingerprint density at radius 2 is 2.06 bits per heavy atom. The first kappa shape index (κ1) is 11.7. The molecule has 0 bridgehead atoms. The summed E-state index contributed by atoms with van der Waals surface area (Å²) in [6, 6.07) is 0. The fourth-order valence-electron chi connectivity index (χ4n) is 1.62. The Morgan fingerprint density at radius 3 is 2.71 bits per heavy atom. The molecule has 0 unspecified atom stereocenters. The van der Waals surface area contributed by atoms with Gasteiger partial charge in [-0.15, -0.1) is 0 Å². The van der Waals surface area contributed by atoms with Crippen molar-refractivity contribution in [1.82, 2.24) is 24.8 Å². The van der Waals surface area contributed by atoms with E-state index in [0.29, 0.717) is 19.6 Å². The largest absolute Gasteiger partial charge is 0.395 e. The van der Waals surface area contributed by atoms with E-state index in [1.165, 1.54) is 6.33 Å². The third-order valence-corrected chi connectivity index (χ3v) is 2.36. The van der Waals surface area contributed by atoms with E-state index in [2.05, 4.69) is 24.8 Å². The Hall–Kier alpha value is -1.79. The van der Waals surface area contributed by atoms with E-state index in [0.717, 1.165) is 11.4 Å². The number of rotatable bonds is 6. The van der Waals surface area contributed by atoms with Gasteiger partial charge in [-0.1, -0.05) is 0 Å². The molecule has 0 saturated carbocycles. The molecule has 6 heteroatoms. The maximum Gasteiger partial charge on any atom is 0.120 e. The van der Waals surface area contributed by atoms with Crippen molar-refractivity contribution in [3.05, 3.63) is 42.5 Å². The maximum atomic E-state index is 9.04. The van der Waals surface area contributed by atoms with Crippen LogP contribution < -0.4 is 0 Å². The SMILES string of the molecule is OCCN(Cc1cncnc1)Cc1ncc[nH]1. The van der Waals surface area contributed by atoms with Crippen molar-refractivity contribution in [1.29, 1.82) is 0 Å². The van der Waals surface area contributed by atoms with Crippen molar-refractivity contribution >= 4 is 0 Å². The zero-order chi connectivity index (χ0) is 11.9. The number of aliphatic hydroxyl groups excluding tert-OH is 1. The molecule has 0 aliphatic heterocycles. The van der Waals surface area contributed by atoms with Crippen molar-refractivity contribution < 1.29 is 5.11 Å². The molecular weight excluding hydrogens is 218 g/mol. The number of nitrogens with one attached hydrogen (secondary N) is 1. The first-order valence-electron chi connectivity index (χ1n) is 5.44. The average Bonchev–Trinajstić information content (AvgIpc) is 2.83. The monoisotopic (exact) mass is 233 g/mol. The summed E-state index contributed by atoms with van der Waals surface area (Å²) in [6.45, 7) is 2.08. The predicted molar refractivity (Wildman–Crippen MR) is 61.8 cm³/mol. The van der Waals surface area contributed by atoms with Gasteiger partial charge in [-0.25, -0.2) is 15.0 Å². The first-order valence-corrected chi connectivity index (χ1v) is 5.44. The fraction of sp³-hybridized carbons (Fsp3) is 0.364. The number of nitrogens with zero attached hydrogens (tertiary/aromatic N) is 4. The highest BCUT2D eigenvalue weighted by Crippen LogP contribution is 2.04. The molecule has 0 radical (unpaired) electrons. The molecule has 0 aliphatic carbocycles. The van der Waals surface area contributed by atoms with Crippen LogP contribution in [0.15, 0.2) is 31.1 Å². The third kappa shape index (κ3) is 3.61. The molecule has 0 atom stereocenters. The van der Waals surface area contributed by atoms with Crippen LogP contribution in [0.4, 0.5) is 0 Å². The van der Waals surface area contributed by atoms with E-state index in [9.17, 15) is 0 Å². The molecule has 0 amide bonds. The molecule has 0 aliphatic rings. The Kier molecular flexibility index (Phi) is 4.17. The Labute approximate surface area is 99.4 Å². The second-order valence-corrected chi connectivity index (χ2v) is 3.72. The Morgan fingerprint density at radius 1 is 1.24 bits per heavy atom. The van der Waals surface area contributed by atoms with Gasteiger partial charge in [-0.05, 0) is 0 Å². The van der Waals surface area contributed by atoms with Gasteiger partial charge in [-0.3, -0.25) is 4.90 Å². The molecule has 0 saturated heterocycles. The van der Waals surface area contributed by atoms with Gasteiger partial charge in [-0.2, -0.15) is 0 Å². The maximum absolute atomic E-state index is 9.04. The highest BCUT2D eigenvalue weighted by molar-refractivity contribution is 5.02. The number of imidazole rings is 1. The van der Waals surface area contributed by atoms with Crippen molar-refractivity contribution in [2.24, 2.45) is 0 Å². The number of aromatic nitrogens is 4. The standard InChI is InChI=1S/C11H15N5O/c17-4-3-16(8-11-14-1-2-15-11)7-10-5-12-9-13-6-10/h1-2,5-6,9,17H,3-4,7-8H2,(H,14,15). The molecule has 0 fully saturated rings. The van der Waals surface area contributed by atoms with Crippen LogP contribution in [0.3, 0.4) is 0 Å². The number of hydrogen-bond acceptors (Lipinski definition) is 5. The second kappa shape index (κ2) is 6.07. The lowest BCUT2D eigenvalue weighted by atomic mass is 10.3. The van der Waals surface area contributed by atoms with E-state index >= 15 is 0 Å². The molecule has 0 aromatic carbocycles. The summed E-state index contributed by atoms with van der Waals surface area (Å²) in [7, 11) is 0. The summed E-state index contributed by atoms with van der Waals surface area (Å²) in [5.41, 5.74) is 1.02. The van der Waals surface area contributed by atoms with Gasteiger partial charge in [0.15, 0.2) is 0 Å². The summed E-state index contributed by atoms with van der Waals surface area (Å²) >= 11 is 0. The summed E-state index contributed by atoms with van der Waals surface area (Å²) < 4.78 is 0. The van der Waals surface area contributed by atoms with Gasteiger partial charge >= 0.3 is 0 Å². The van der Waals surface area contributed by atoms with Gasteiger partial charge in [0.25, 0.3) is 0 Å². The van der Waals surface area contributed by atoms with Gasteiger partial charge in [0.2, 0.25) is 0 Å². The Bertz CT molecular complexity index is 417. The quantitative estimate of drug-likeness (QED) is 0.745. The van der Waals surface area contributed by atoms with Crippen LogP contribution in [0.2, 0.25) is 0 Å². The minimum atomic E-state index is 0.119. The van der Waals surface area contributed by atoms with Crippen molar-refractivity contribution in [3.63, 3.8) is 0 Å². The molecule has 0 spiro atoms. The summed E-state index contributed by atoms with van der Waals surface area (Å²) in [5, 5.41) is 9.04. The van der Waals surface area contributed by atoms with Gasteiger partial charge in [0.1, 0.15) is 12.2 Å². The van der Waals surface area contributed by atoms with Gasteiger partial charge in [0, 0.05) is 43.4 Å². The number of aliphatic hydroxyl groups is 1. The topological polar surface area (TPSA) is 77.9 Å². The van der Waals surface area contributed by atoms with Crippen LogP contribution in [0.25, 0.3) is 0 Å². The lowest BCUT2D eigenvalue weighted by Gasteiger charge is -2.19. The minimum Gasteiger partial charge on any atom is -0.395 e. The third-order valence-electron chi connectivity index (χ3n) is 2.36. The number of H-pyrrole nitrogens is 1. The van der Waals surface area contributed by atoms with Gasteiger partial charge < -0.3 is 10.1 Å². The van der Waals surface area contributed by atoms with E-state index in [1.54, 1.807) is 24.8 Å². The van der Waals surface area contributed by atoms with Crippen molar-refractivity contribution in [2.75, 3.05) is 13.2 Å². The molecular formula is C11H15N5O. The summed E-state index contributed by atoms with van der Waals surface area (Å²) in [6.07, 6.45) is 8.57. The summed E-state index contributed by atoms with van der Waals surface area (Å²) in [5.74, 6) is 0.885. The molecule has 17 heavy (non-hydrogen) atoms. The Balaban J connectivity index is 1.97. The highest BCUT2D eigenvalue weighted by atomic mass is 16.3. The molecule has 2 aromatic heterocycles. The molecule has 90 valence electrons. The molecule has 2 aromatic rings. The molecule has 2 rings (SSSR count). The van der Waals surface area contributed by atoms with E-state index in [4.69, 9.17) is 5.11 Å². The lowest BCUT2D eigenvalue weighted by Crippen LogP contribution is -2.26. The van der Waals surface area contributed by atoms with Gasteiger partial charge in [0.05, 0.1) is 13.2 Å². The highest BCUT2D eigenvalue weighted by Gasteiger charge is 2.08. The first-order chi connectivity index (χ1) is 8.38. The van der Waals surface area contributed by atoms with Crippen molar-refractivity contribution in [3.8, 4) is 0 Å². The van der Waals surface area contributed by atoms with E-state index < -0.39 is 0 Å². The second-order valence-electron chi connectivity index (χ2n) is 3.72. The number of hydrogen-bond donors (Lipinski definition) is 2. The normalized spacial score (nSPS) is 10.9. The van der Waals surface area contributed by atoms with Crippen LogP contribution in [-0.4, -0.2) is 43.1 Å². The predicted octanol–water partition coefficient (Wildman–Crippen LogP) is 0.194. The van der Waals surface area contributed by atoms with Crippen LogP contribution in [0.1, 0.15) is 11.4 Å². The fourth-order valence-corrected chi connectivity index (χ4v) is 1.62. The van der Waals surface area contributed by atoms with Crippen LogP contribution in [-0.2, 0) is 13.1 Å². The average molecular weight is 233 g/mol. The zero-order valence-electron chi connectivity index (χ0n) is 9.45. The molecule has 6 nitrogen and oxygen atoms in total. The number of aromatic amines is 1. The van der Waals surface area contributed by atoms with E-state index in [-0.39, 0.29) is 6.61 Å². The molecule has 2 N–H and O–H groups in total.